The Labute approximate surface area is 106 Å². The van der Waals surface area contributed by atoms with E-state index in [1.165, 1.54) is 18.4 Å². The molecule has 0 radical (unpaired) electrons. The molecule has 0 spiro atoms. The van der Waals surface area contributed by atoms with Crippen LogP contribution in [-0.4, -0.2) is 22.9 Å². The van der Waals surface area contributed by atoms with Crippen LogP contribution in [0.4, 0.5) is 0 Å². The van der Waals surface area contributed by atoms with Crippen molar-refractivity contribution < 1.29 is 0 Å². The zero-order valence-corrected chi connectivity index (χ0v) is 11.7. The number of nitrogens with one attached hydrogen (secondary N) is 1. The first-order valence-corrected chi connectivity index (χ1v) is 6.76. The van der Waals surface area contributed by atoms with E-state index in [1.54, 1.807) is 0 Å². The standard InChI is InChI=1S/C14H27N3/c1-12(2)9-15-8-7-13(3)5-6-14-10-16-17(4)11-14/h10-13,15H,5-9H2,1-4H3. The highest BCUT2D eigenvalue weighted by Crippen LogP contribution is 2.11. The molecule has 3 heteroatoms. The van der Waals surface area contributed by atoms with E-state index in [4.69, 9.17) is 0 Å². The van der Waals surface area contributed by atoms with Crippen molar-refractivity contribution in [3.05, 3.63) is 18.0 Å². The summed E-state index contributed by atoms with van der Waals surface area (Å²) in [6.45, 7) is 9.12. The number of aromatic nitrogens is 2. The molecule has 98 valence electrons. The van der Waals surface area contributed by atoms with Crippen LogP contribution in [0.1, 0.15) is 39.2 Å². The lowest BCUT2D eigenvalue weighted by molar-refractivity contribution is 0.454. The normalized spacial score (nSPS) is 13.2. The highest BCUT2D eigenvalue weighted by Gasteiger charge is 2.04. The first-order chi connectivity index (χ1) is 8.08. The molecular formula is C14H27N3. The summed E-state index contributed by atoms with van der Waals surface area (Å²) in [7, 11) is 1.97. The van der Waals surface area contributed by atoms with E-state index in [-0.39, 0.29) is 0 Å². The third-order valence-electron chi connectivity index (χ3n) is 3.05. The van der Waals surface area contributed by atoms with Crippen molar-refractivity contribution in [2.75, 3.05) is 13.1 Å². The lowest BCUT2D eigenvalue weighted by atomic mass is 9.99. The first kappa shape index (κ1) is 14.2. The summed E-state index contributed by atoms with van der Waals surface area (Å²) in [5.41, 5.74) is 1.36. The molecule has 0 aliphatic rings. The van der Waals surface area contributed by atoms with Crippen molar-refractivity contribution >= 4 is 0 Å². The molecule has 0 saturated carbocycles. The summed E-state index contributed by atoms with van der Waals surface area (Å²) in [6.07, 6.45) is 7.77. The van der Waals surface area contributed by atoms with Crippen LogP contribution < -0.4 is 5.32 Å². The van der Waals surface area contributed by atoms with E-state index in [0.29, 0.717) is 0 Å². The van der Waals surface area contributed by atoms with Crippen molar-refractivity contribution in [1.29, 1.82) is 0 Å². The Kier molecular flexibility index (Phi) is 6.27. The van der Waals surface area contributed by atoms with Gasteiger partial charge in [0, 0.05) is 13.2 Å². The molecule has 0 fully saturated rings. The number of hydrogen-bond donors (Lipinski definition) is 1. The Bertz CT molecular complexity index is 304. The Hall–Kier alpha value is -0.830. The number of aryl methyl sites for hydroxylation is 2. The van der Waals surface area contributed by atoms with Crippen molar-refractivity contribution in [3.63, 3.8) is 0 Å². The Morgan fingerprint density at radius 1 is 1.29 bits per heavy atom. The molecule has 17 heavy (non-hydrogen) atoms. The molecule has 0 amide bonds. The van der Waals surface area contributed by atoms with Gasteiger partial charge in [0.25, 0.3) is 0 Å². The SMILES string of the molecule is CC(C)CNCCC(C)CCc1cnn(C)c1. The van der Waals surface area contributed by atoms with E-state index in [1.807, 2.05) is 17.9 Å². The summed E-state index contributed by atoms with van der Waals surface area (Å²) >= 11 is 0. The largest absolute Gasteiger partial charge is 0.316 e. The van der Waals surface area contributed by atoms with Crippen LogP contribution in [0.5, 0.6) is 0 Å². The Morgan fingerprint density at radius 2 is 2.06 bits per heavy atom. The average molecular weight is 237 g/mol. The maximum Gasteiger partial charge on any atom is 0.0521 e. The van der Waals surface area contributed by atoms with Gasteiger partial charge >= 0.3 is 0 Å². The lowest BCUT2D eigenvalue weighted by Gasteiger charge is -2.12. The van der Waals surface area contributed by atoms with Gasteiger partial charge in [-0.25, -0.2) is 0 Å². The van der Waals surface area contributed by atoms with Gasteiger partial charge in [-0.1, -0.05) is 20.8 Å². The van der Waals surface area contributed by atoms with Gasteiger partial charge in [0.2, 0.25) is 0 Å². The number of nitrogens with zero attached hydrogens (tertiary/aromatic N) is 2. The first-order valence-electron chi connectivity index (χ1n) is 6.76. The molecule has 0 aliphatic heterocycles. The summed E-state index contributed by atoms with van der Waals surface area (Å²) in [5, 5.41) is 7.70. The summed E-state index contributed by atoms with van der Waals surface area (Å²) in [5.74, 6) is 1.54. The zero-order chi connectivity index (χ0) is 12.7. The van der Waals surface area contributed by atoms with E-state index in [0.717, 1.165) is 31.3 Å². The molecule has 1 atom stereocenters. The Morgan fingerprint density at radius 3 is 2.65 bits per heavy atom. The summed E-state index contributed by atoms with van der Waals surface area (Å²) < 4.78 is 1.88. The topological polar surface area (TPSA) is 29.9 Å². The van der Waals surface area contributed by atoms with E-state index >= 15 is 0 Å². The molecule has 0 saturated heterocycles. The van der Waals surface area contributed by atoms with E-state index < -0.39 is 0 Å². The maximum atomic E-state index is 4.19. The molecule has 1 rings (SSSR count). The molecule has 1 aromatic heterocycles. The second-order valence-electron chi connectivity index (χ2n) is 5.55. The highest BCUT2D eigenvalue weighted by molar-refractivity contribution is 5.03. The van der Waals surface area contributed by atoms with Gasteiger partial charge in [0.05, 0.1) is 6.20 Å². The third kappa shape index (κ3) is 6.47. The van der Waals surface area contributed by atoms with Crippen molar-refractivity contribution in [2.45, 2.75) is 40.0 Å². The van der Waals surface area contributed by atoms with Crippen molar-refractivity contribution in [3.8, 4) is 0 Å². The summed E-state index contributed by atoms with van der Waals surface area (Å²) in [6, 6.07) is 0. The smallest absolute Gasteiger partial charge is 0.0521 e. The van der Waals surface area contributed by atoms with Crippen LogP contribution in [-0.2, 0) is 13.5 Å². The monoisotopic (exact) mass is 237 g/mol. The fourth-order valence-corrected chi connectivity index (χ4v) is 1.90. The minimum absolute atomic E-state index is 0.751. The fourth-order valence-electron chi connectivity index (χ4n) is 1.90. The Balaban J connectivity index is 2.07. The second-order valence-corrected chi connectivity index (χ2v) is 5.55. The van der Waals surface area contributed by atoms with Crippen molar-refractivity contribution in [2.24, 2.45) is 18.9 Å². The van der Waals surface area contributed by atoms with E-state index in [2.05, 4.69) is 37.4 Å². The molecule has 1 aromatic rings. The number of hydrogen-bond acceptors (Lipinski definition) is 2. The molecule has 0 aromatic carbocycles. The van der Waals surface area contributed by atoms with Gasteiger partial charge in [-0.05, 0) is 49.8 Å². The number of rotatable bonds is 8. The second kappa shape index (κ2) is 7.49. The van der Waals surface area contributed by atoms with Gasteiger partial charge in [-0.3, -0.25) is 4.68 Å². The highest BCUT2D eigenvalue weighted by atomic mass is 15.2. The lowest BCUT2D eigenvalue weighted by Crippen LogP contribution is -2.22. The van der Waals surface area contributed by atoms with Crippen LogP contribution in [0, 0.1) is 11.8 Å². The predicted octanol–water partition coefficient (Wildman–Crippen LogP) is 2.62. The van der Waals surface area contributed by atoms with Gasteiger partial charge < -0.3 is 5.32 Å². The maximum absolute atomic E-state index is 4.19. The average Bonchev–Trinajstić information content (AvgIpc) is 2.67. The van der Waals surface area contributed by atoms with Gasteiger partial charge in [-0.2, -0.15) is 5.10 Å². The predicted molar refractivity (Wildman–Crippen MR) is 73.0 cm³/mol. The van der Waals surface area contributed by atoms with Crippen LogP contribution in [0.25, 0.3) is 0 Å². The van der Waals surface area contributed by atoms with Crippen LogP contribution in [0.2, 0.25) is 0 Å². The van der Waals surface area contributed by atoms with Crippen LogP contribution in [0.15, 0.2) is 12.4 Å². The minimum Gasteiger partial charge on any atom is -0.316 e. The van der Waals surface area contributed by atoms with Crippen molar-refractivity contribution in [1.82, 2.24) is 15.1 Å². The molecule has 1 N–H and O–H groups in total. The third-order valence-corrected chi connectivity index (χ3v) is 3.05. The van der Waals surface area contributed by atoms with Gasteiger partial charge in [0.1, 0.15) is 0 Å². The molecular weight excluding hydrogens is 210 g/mol. The quantitative estimate of drug-likeness (QED) is 0.704. The molecule has 1 unspecified atom stereocenters. The molecule has 1 heterocycles. The minimum atomic E-state index is 0.751. The summed E-state index contributed by atoms with van der Waals surface area (Å²) in [4.78, 5) is 0. The zero-order valence-electron chi connectivity index (χ0n) is 11.7. The van der Waals surface area contributed by atoms with Crippen LogP contribution in [0.3, 0.4) is 0 Å². The van der Waals surface area contributed by atoms with E-state index in [9.17, 15) is 0 Å². The van der Waals surface area contributed by atoms with Gasteiger partial charge in [-0.15, -0.1) is 0 Å². The van der Waals surface area contributed by atoms with Gasteiger partial charge in [0.15, 0.2) is 0 Å². The molecule has 0 aliphatic carbocycles. The van der Waals surface area contributed by atoms with Crippen LogP contribution >= 0.6 is 0 Å². The molecule has 3 nitrogen and oxygen atoms in total. The molecule has 0 bridgehead atoms. The fraction of sp³-hybridized carbons (Fsp3) is 0.786.